The average molecular weight is 196 g/mol. The highest BCUT2D eigenvalue weighted by atomic mass is 16.4. The lowest BCUT2D eigenvalue weighted by Crippen LogP contribution is -2.07. The first-order valence-electron chi connectivity index (χ1n) is 3.74. The molecule has 0 aliphatic carbocycles. The van der Waals surface area contributed by atoms with Crippen molar-refractivity contribution in [2.75, 3.05) is 0 Å². The van der Waals surface area contributed by atoms with Crippen LogP contribution in [0, 0.1) is 6.92 Å². The molecule has 0 fully saturated rings. The molecule has 0 saturated carbocycles. The van der Waals surface area contributed by atoms with Crippen molar-refractivity contribution in [3.05, 3.63) is 28.8 Å². The van der Waals surface area contributed by atoms with Crippen LogP contribution in [0.3, 0.4) is 0 Å². The van der Waals surface area contributed by atoms with Gasteiger partial charge in [0.2, 0.25) is 0 Å². The molecule has 0 aliphatic rings. The standard InChI is InChI=1S/C9H8O5/c1-4-5(8(11)12)2-3-6(10)7(4)9(13)14/h2-3,10H,1H3,(H,11,12)(H,13,14). The lowest BCUT2D eigenvalue weighted by molar-refractivity contribution is 0.0693. The number of phenols is 1. The molecule has 0 radical (unpaired) electrons. The number of benzene rings is 1. The second-order valence-corrected chi connectivity index (χ2v) is 2.74. The fourth-order valence-electron chi connectivity index (χ4n) is 1.20. The summed E-state index contributed by atoms with van der Waals surface area (Å²) in [5.74, 6) is -2.99. The Kier molecular flexibility index (Phi) is 2.42. The first kappa shape index (κ1) is 10.0. The van der Waals surface area contributed by atoms with Gasteiger partial charge < -0.3 is 15.3 Å². The van der Waals surface area contributed by atoms with E-state index in [2.05, 4.69) is 0 Å². The molecule has 0 aliphatic heterocycles. The number of aromatic hydroxyl groups is 1. The Balaban J connectivity index is 3.49. The first-order chi connectivity index (χ1) is 6.45. The van der Waals surface area contributed by atoms with Crippen molar-refractivity contribution in [1.29, 1.82) is 0 Å². The maximum Gasteiger partial charge on any atom is 0.339 e. The molecule has 0 amide bonds. The second kappa shape index (κ2) is 3.37. The number of aromatic carboxylic acids is 2. The molecule has 0 heterocycles. The molecule has 74 valence electrons. The molecule has 0 unspecified atom stereocenters. The second-order valence-electron chi connectivity index (χ2n) is 2.74. The highest BCUT2D eigenvalue weighted by molar-refractivity contribution is 5.98. The van der Waals surface area contributed by atoms with Gasteiger partial charge in [0.05, 0.1) is 5.56 Å². The minimum Gasteiger partial charge on any atom is -0.507 e. The highest BCUT2D eigenvalue weighted by Crippen LogP contribution is 2.23. The Bertz CT molecular complexity index is 408. The van der Waals surface area contributed by atoms with Crippen LogP contribution < -0.4 is 0 Å². The number of hydrogen-bond acceptors (Lipinski definition) is 3. The Morgan fingerprint density at radius 2 is 1.71 bits per heavy atom. The van der Waals surface area contributed by atoms with Crippen LogP contribution in [-0.4, -0.2) is 27.3 Å². The third kappa shape index (κ3) is 1.52. The molecule has 3 N–H and O–H groups in total. The molecular weight excluding hydrogens is 188 g/mol. The summed E-state index contributed by atoms with van der Waals surface area (Å²) in [5, 5.41) is 26.6. The van der Waals surface area contributed by atoms with Gasteiger partial charge in [-0.2, -0.15) is 0 Å². The summed E-state index contributed by atoms with van der Waals surface area (Å²) in [6, 6.07) is 2.22. The van der Waals surface area contributed by atoms with Crippen molar-refractivity contribution in [2.24, 2.45) is 0 Å². The average Bonchev–Trinajstić information content (AvgIpc) is 2.02. The molecule has 0 atom stereocenters. The predicted molar refractivity (Wildman–Crippen MR) is 46.8 cm³/mol. The van der Waals surface area contributed by atoms with Gasteiger partial charge in [-0.1, -0.05) is 0 Å². The predicted octanol–water partition coefficient (Wildman–Crippen LogP) is 1.10. The van der Waals surface area contributed by atoms with Crippen LogP contribution in [-0.2, 0) is 0 Å². The monoisotopic (exact) mass is 196 g/mol. The maximum absolute atomic E-state index is 10.7. The number of rotatable bonds is 2. The van der Waals surface area contributed by atoms with Gasteiger partial charge in [-0.05, 0) is 24.6 Å². The van der Waals surface area contributed by atoms with Crippen molar-refractivity contribution in [3.8, 4) is 5.75 Å². The molecule has 0 bridgehead atoms. The topological polar surface area (TPSA) is 94.8 Å². The number of carboxylic acids is 2. The zero-order chi connectivity index (χ0) is 10.9. The van der Waals surface area contributed by atoms with Gasteiger partial charge in [0.15, 0.2) is 0 Å². The fourth-order valence-corrected chi connectivity index (χ4v) is 1.20. The third-order valence-corrected chi connectivity index (χ3v) is 1.89. The van der Waals surface area contributed by atoms with E-state index in [9.17, 15) is 14.7 Å². The molecule has 0 saturated heterocycles. The quantitative estimate of drug-likeness (QED) is 0.658. The number of hydrogen-bond donors (Lipinski definition) is 3. The lowest BCUT2D eigenvalue weighted by Gasteiger charge is -2.06. The summed E-state index contributed by atoms with van der Waals surface area (Å²) in [5.41, 5.74) is -0.449. The van der Waals surface area contributed by atoms with Gasteiger partial charge in [0, 0.05) is 0 Å². The molecule has 0 spiro atoms. The summed E-state index contributed by atoms with van der Waals surface area (Å²) in [6.07, 6.45) is 0. The van der Waals surface area contributed by atoms with Crippen LogP contribution >= 0.6 is 0 Å². The molecular formula is C9H8O5. The van der Waals surface area contributed by atoms with E-state index in [1.54, 1.807) is 0 Å². The fraction of sp³-hybridized carbons (Fsp3) is 0.111. The van der Waals surface area contributed by atoms with Gasteiger partial charge >= 0.3 is 11.9 Å². The van der Waals surface area contributed by atoms with Gasteiger partial charge in [-0.3, -0.25) is 0 Å². The normalized spacial score (nSPS) is 9.79. The van der Waals surface area contributed by atoms with E-state index in [-0.39, 0.29) is 16.7 Å². The minimum atomic E-state index is -1.34. The summed E-state index contributed by atoms with van der Waals surface area (Å²) >= 11 is 0. The Hall–Kier alpha value is -2.04. The van der Waals surface area contributed by atoms with Crippen molar-refractivity contribution in [2.45, 2.75) is 6.92 Å². The van der Waals surface area contributed by atoms with Gasteiger partial charge in [-0.15, -0.1) is 0 Å². The van der Waals surface area contributed by atoms with Crippen LogP contribution in [0.2, 0.25) is 0 Å². The molecule has 5 nitrogen and oxygen atoms in total. The summed E-state index contributed by atoms with van der Waals surface area (Å²) in [4.78, 5) is 21.3. The highest BCUT2D eigenvalue weighted by Gasteiger charge is 2.18. The molecule has 5 heteroatoms. The Morgan fingerprint density at radius 1 is 1.14 bits per heavy atom. The summed E-state index contributed by atoms with van der Waals surface area (Å²) in [6.45, 7) is 1.34. The minimum absolute atomic E-state index is 0.0463. The van der Waals surface area contributed by atoms with Crippen LogP contribution in [0.4, 0.5) is 0 Å². The maximum atomic E-state index is 10.7. The summed E-state index contributed by atoms with van der Waals surface area (Å²) < 4.78 is 0. The van der Waals surface area contributed by atoms with E-state index in [0.29, 0.717) is 0 Å². The number of carbonyl (C=O) groups is 2. The van der Waals surface area contributed by atoms with Gasteiger partial charge in [-0.25, -0.2) is 9.59 Å². The van der Waals surface area contributed by atoms with Crippen molar-refractivity contribution < 1.29 is 24.9 Å². The first-order valence-corrected chi connectivity index (χ1v) is 3.74. The molecule has 1 aromatic rings. The largest absolute Gasteiger partial charge is 0.507 e. The summed E-state index contributed by atoms with van der Waals surface area (Å²) in [7, 11) is 0. The lowest BCUT2D eigenvalue weighted by atomic mass is 10.0. The Morgan fingerprint density at radius 3 is 2.14 bits per heavy atom. The molecule has 1 rings (SSSR count). The van der Waals surface area contributed by atoms with E-state index >= 15 is 0 Å². The van der Waals surface area contributed by atoms with Gasteiger partial charge in [0.1, 0.15) is 11.3 Å². The molecule has 1 aromatic carbocycles. The van der Waals surface area contributed by atoms with E-state index in [4.69, 9.17) is 10.2 Å². The van der Waals surface area contributed by atoms with Gasteiger partial charge in [0.25, 0.3) is 0 Å². The zero-order valence-electron chi connectivity index (χ0n) is 7.31. The van der Waals surface area contributed by atoms with Crippen LogP contribution in [0.15, 0.2) is 12.1 Å². The number of carboxylic acid groups (broad SMARTS) is 2. The van der Waals surface area contributed by atoms with E-state index in [0.717, 1.165) is 6.07 Å². The van der Waals surface area contributed by atoms with Crippen LogP contribution in [0.1, 0.15) is 26.3 Å². The Labute approximate surface area is 79.2 Å². The van der Waals surface area contributed by atoms with E-state index in [1.807, 2.05) is 0 Å². The zero-order valence-corrected chi connectivity index (χ0v) is 7.31. The van der Waals surface area contributed by atoms with Crippen LogP contribution in [0.25, 0.3) is 0 Å². The van der Waals surface area contributed by atoms with Crippen molar-refractivity contribution in [3.63, 3.8) is 0 Å². The smallest absolute Gasteiger partial charge is 0.339 e. The molecule has 0 aromatic heterocycles. The van der Waals surface area contributed by atoms with E-state index < -0.39 is 17.7 Å². The van der Waals surface area contributed by atoms with Crippen molar-refractivity contribution >= 4 is 11.9 Å². The molecule has 14 heavy (non-hydrogen) atoms. The van der Waals surface area contributed by atoms with Crippen LogP contribution in [0.5, 0.6) is 5.75 Å². The van der Waals surface area contributed by atoms with Crippen molar-refractivity contribution in [1.82, 2.24) is 0 Å². The SMILES string of the molecule is Cc1c(C(=O)O)ccc(O)c1C(=O)O. The third-order valence-electron chi connectivity index (χ3n) is 1.89. The van der Waals surface area contributed by atoms with E-state index in [1.165, 1.54) is 13.0 Å².